The number of esters is 1. The second kappa shape index (κ2) is 12.8. The molecular weight excluding hydrogens is 592 g/mol. The van der Waals surface area contributed by atoms with E-state index in [0.29, 0.717) is 5.56 Å². The van der Waals surface area contributed by atoms with E-state index in [2.05, 4.69) is 10.1 Å². The van der Waals surface area contributed by atoms with Gasteiger partial charge in [0.2, 0.25) is 0 Å². The number of pyridine rings is 1. The molecule has 11 nitrogen and oxygen atoms in total. The molecule has 2 heterocycles. The SMILES string of the molecule is CCOC(=O)C(C)NP(=O)(CCOc1c2c(c(O)c3ncccc13)C(=O)N(Cc1ccc(F)cc1)C2=O)Oc1ccccc1. The number of nitrogens with one attached hydrogen (secondary N) is 1. The summed E-state index contributed by atoms with van der Waals surface area (Å²) in [5.74, 6) is -2.82. The molecule has 3 aromatic carbocycles. The van der Waals surface area contributed by atoms with Crippen LogP contribution >= 0.6 is 7.52 Å². The van der Waals surface area contributed by atoms with Gasteiger partial charge < -0.3 is 19.1 Å². The first-order valence-corrected chi connectivity index (χ1v) is 15.6. The number of phenolic OH excluding ortho intramolecular Hbond substituents is 1. The molecule has 2 N–H and O–H groups in total. The predicted molar refractivity (Wildman–Crippen MR) is 158 cm³/mol. The van der Waals surface area contributed by atoms with Gasteiger partial charge in [-0.05, 0) is 55.8 Å². The zero-order chi connectivity index (χ0) is 31.4. The summed E-state index contributed by atoms with van der Waals surface area (Å²) in [5, 5.41) is 14.0. The van der Waals surface area contributed by atoms with Gasteiger partial charge in [-0.15, -0.1) is 0 Å². The summed E-state index contributed by atoms with van der Waals surface area (Å²) in [6.45, 7) is 2.82. The van der Waals surface area contributed by atoms with E-state index < -0.39 is 42.9 Å². The number of rotatable bonds is 12. The molecule has 0 fully saturated rings. The Morgan fingerprint density at radius 3 is 2.45 bits per heavy atom. The summed E-state index contributed by atoms with van der Waals surface area (Å²) < 4.78 is 44.4. The number of amides is 2. The van der Waals surface area contributed by atoms with Crippen LogP contribution in [0.15, 0.2) is 72.9 Å². The van der Waals surface area contributed by atoms with Crippen LogP contribution in [-0.4, -0.2) is 58.2 Å². The van der Waals surface area contributed by atoms with Crippen LogP contribution in [0.3, 0.4) is 0 Å². The third-order valence-electron chi connectivity index (χ3n) is 6.82. The van der Waals surface area contributed by atoms with Crippen molar-refractivity contribution < 1.29 is 42.4 Å². The third kappa shape index (κ3) is 6.27. The number of fused-ring (bicyclic) bond motifs is 2. The standard InChI is InChI=1S/C31H29FN3O8P/c1-3-41-31(39)19(2)34-44(40,43-22-8-5-4-6-9-22)17-16-42-28-23-10-7-15-33-26(23)27(36)24-25(28)30(38)35(29(24)37)18-20-11-13-21(32)14-12-20/h4-15,19,36H,3,16-18H2,1-2H3,(H,34,40). The summed E-state index contributed by atoms with van der Waals surface area (Å²) in [4.78, 5) is 44.5. The Balaban J connectivity index is 1.46. The van der Waals surface area contributed by atoms with Gasteiger partial charge in [-0.1, -0.05) is 30.3 Å². The normalized spacial score (nSPS) is 14.7. The van der Waals surface area contributed by atoms with Crippen LogP contribution in [0.5, 0.6) is 17.2 Å². The van der Waals surface area contributed by atoms with Crippen LogP contribution < -0.4 is 14.3 Å². The summed E-state index contributed by atoms with van der Waals surface area (Å²) >= 11 is 0. The van der Waals surface area contributed by atoms with E-state index in [1.165, 1.54) is 37.4 Å². The molecule has 0 saturated carbocycles. The van der Waals surface area contributed by atoms with Crippen molar-refractivity contribution in [3.05, 3.63) is 95.4 Å². The maximum atomic E-state index is 14.0. The van der Waals surface area contributed by atoms with E-state index in [1.807, 2.05) is 0 Å². The van der Waals surface area contributed by atoms with Crippen LogP contribution in [0.2, 0.25) is 0 Å². The highest BCUT2D eigenvalue weighted by Gasteiger charge is 2.43. The highest BCUT2D eigenvalue weighted by atomic mass is 31.2. The fourth-order valence-corrected chi connectivity index (χ4v) is 6.54. The number of ether oxygens (including phenoxy) is 2. The number of benzene rings is 3. The van der Waals surface area contributed by atoms with Gasteiger partial charge >= 0.3 is 13.5 Å². The number of carbonyl (C=O) groups excluding carboxylic acids is 3. The molecule has 13 heteroatoms. The number of nitrogens with zero attached hydrogens (tertiary/aromatic N) is 2. The van der Waals surface area contributed by atoms with E-state index in [-0.39, 0.29) is 59.4 Å². The second-order valence-corrected chi connectivity index (χ2v) is 12.1. The molecule has 2 amide bonds. The van der Waals surface area contributed by atoms with E-state index in [9.17, 15) is 28.4 Å². The lowest BCUT2D eigenvalue weighted by molar-refractivity contribution is -0.144. The quantitative estimate of drug-likeness (QED) is 0.125. The lowest BCUT2D eigenvalue weighted by Gasteiger charge is -2.24. The monoisotopic (exact) mass is 621 g/mol. The molecule has 0 aliphatic carbocycles. The van der Waals surface area contributed by atoms with Gasteiger partial charge in [-0.3, -0.25) is 28.8 Å². The van der Waals surface area contributed by atoms with E-state index >= 15 is 0 Å². The van der Waals surface area contributed by atoms with E-state index in [1.54, 1.807) is 49.4 Å². The molecule has 228 valence electrons. The van der Waals surface area contributed by atoms with Crippen molar-refractivity contribution in [3.8, 4) is 17.2 Å². The molecule has 0 spiro atoms. The molecule has 0 bridgehead atoms. The summed E-state index contributed by atoms with van der Waals surface area (Å²) in [6.07, 6.45) is 1.16. The van der Waals surface area contributed by atoms with Crippen molar-refractivity contribution in [1.29, 1.82) is 0 Å². The molecule has 0 saturated heterocycles. The molecule has 1 aliphatic heterocycles. The Morgan fingerprint density at radius 1 is 1.05 bits per heavy atom. The molecule has 2 atom stereocenters. The lowest BCUT2D eigenvalue weighted by atomic mass is 10.0. The smallest absolute Gasteiger partial charge is 0.323 e. The fraction of sp³-hybridized carbons (Fsp3) is 0.226. The van der Waals surface area contributed by atoms with Gasteiger partial charge in [-0.25, -0.2) is 9.48 Å². The van der Waals surface area contributed by atoms with E-state index in [4.69, 9.17) is 14.0 Å². The van der Waals surface area contributed by atoms with Crippen molar-refractivity contribution in [3.63, 3.8) is 0 Å². The average molecular weight is 622 g/mol. The molecule has 1 aromatic heterocycles. The molecule has 0 radical (unpaired) electrons. The average Bonchev–Trinajstić information content (AvgIpc) is 3.25. The maximum absolute atomic E-state index is 14.0. The number of para-hydroxylation sites is 1. The minimum atomic E-state index is -3.82. The molecule has 5 rings (SSSR count). The number of halogens is 1. The first-order valence-electron chi connectivity index (χ1n) is 13.8. The van der Waals surface area contributed by atoms with Crippen molar-refractivity contribution in [2.45, 2.75) is 26.4 Å². The third-order valence-corrected chi connectivity index (χ3v) is 8.88. The van der Waals surface area contributed by atoms with Gasteiger partial charge in [0.15, 0.2) is 5.75 Å². The van der Waals surface area contributed by atoms with Gasteiger partial charge in [0.25, 0.3) is 11.8 Å². The first kappa shape index (κ1) is 30.7. The molecule has 1 aliphatic rings. The summed E-state index contributed by atoms with van der Waals surface area (Å²) in [5.41, 5.74) is 0.0630. The van der Waals surface area contributed by atoms with Gasteiger partial charge in [0.1, 0.15) is 34.4 Å². The summed E-state index contributed by atoms with van der Waals surface area (Å²) in [6, 6.07) is 15.9. The first-order chi connectivity index (χ1) is 21.1. The number of phenols is 1. The molecular formula is C31H29FN3O8P. The van der Waals surface area contributed by atoms with Crippen LogP contribution in [-0.2, 0) is 20.6 Å². The van der Waals surface area contributed by atoms with Crippen molar-refractivity contribution in [2.75, 3.05) is 19.4 Å². The van der Waals surface area contributed by atoms with Gasteiger partial charge in [-0.2, -0.15) is 0 Å². The minimum absolute atomic E-state index is 0.0313. The Kier molecular flexibility index (Phi) is 8.93. The number of imide groups is 1. The van der Waals surface area contributed by atoms with Gasteiger partial charge in [0.05, 0.1) is 31.5 Å². The number of carbonyl (C=O) groups is 3. The zero-order valence-corrected chi connectivity index (χ0v) is 24.8. The largest absolute Gasteiger partial charge is 0.505 e. The highest BCUT2D eigenvalue weighted by Crippen LogP contribution is 2.46. The Labute approximate surface area is 252 Å². The van der Waals surface area contributed by atoms with Crippen LogP contribution in [0, 0.1) is 5.82 Å². The Bertz CT molecular complexity index is 1770. The molecule has 44 heavy (non-hydrogen) atoms. The van der Waals surface area contributed by atoms with Crippen LogP contribution in [0.4, 0.5) is 4.39 Å². The second-order valence-electron chi connectivity index (χ2n) is 9.90. The number of hydrogen-bond acceptors (Lipinski definition) is 9. The van der Waals surface area contributed by atoms with Gasteiger partial charge in [0, 0.05) is 11.6 Å². The molecule has 2 unspecified atom stereocenters. The Hall–Kier alpha value is -4.80. The van der Waals surface area contributed by atoms with Crippen LogP contribution in [0.25, 0.3) is 10.9 Å². The van der Waals surface area contributed by atoms with Crippen LogP contribution in [0.1, 0.15) is 40.1 Å². The summed E-state index contributed by atoms with van der Waals surface area (Å²) in [7, 11) is -3.82. The lowest BCUT2D eigenvalue weighted by Crippen LogP contribution is -2.35. The zero-order valence-electron chi connectivity index (χ0n) is 23.9. The van der Waals surface area contributed by atoms with Crippen molar-refractivity contribution in [2.24, 2.45) is 0 Å². The maximum Gasteiger partial charge on any atom is 0.323 e. The number of hydrogen-bond donors (Lipinski definition) is 2. The van der Waals surface area contributed by atoms with Crippen molar-refractivity contribution >= 4 is 36.2 Å². The number of aromatic nitrogens is 1. The topological polar surface area (TPSA) is 144 Å². The molecule has 4 aromatic rings. The highest BCUT2D eigenvalue weighted by molar-refractivity contribution is 7.57. The number of aromatic hydroxyl groups is 1. The predicted octanol–water partition coefficient (Wildman–Crippen LogP) is 5.07. The van der Waals surface area contributed by atoms with Crippen molar-refractivity contribution in [1.82, 2.24) is 15.0 Å². The fourth-order valence-electron chi connectivity index (χ4n) is 4.77. The Morgan fingerprint density at radius 2 is 1.75 bits per heavy atom. The minimum Gasteiger partial charge on any atom is -0.505 e. The van der Waals surface area contributed by atoms with E-state index in [0.717, 1.165) is 4.90 Å².